The first-order valence-electron chi connectivity index (χ1n) is 24.5. The van der Waals surface area contributed by atoms with Gasteiger partial charge in [0.1, 0.15) is 23.0 Å². The van der Waals surface area contributed by atoms with Crippen molar-refractivity contribution in [3.63, 3.8) is 0 Å². The minimum Gasteiger partial charge on any atom is -0.493 e. The predicted molar refractivity (Wildman–Crippen MR) is 279 cm³/mol. The Labute approximate surface area is 398 Å². The molecule has 0 aromatic heterocycles. The van der Waals surface area contributed by atoms with Crippen LogP contribution < -0.4 is 18.9 Å². The molecule has 0 atom stereocenters. The van der Waals surface area contributed by atoms with Crippen LogP contribution in [0.2, 0.25) is 0 Å². The fourth-order valence-corrected chi connectivity index (χ4v) is 10.1. The fraction of sp³-hybridized carbons (Fsp3) is 0.238. The van der Waals surface area contributed by atoms with E-state index in [-0.39, 0.29) is 0 Å². The van der Waals surface area contributed by atoms with Crippen molar-refractivity contribution in [1.29, 1.82) is 0 Å². The quantitative estimate of drug-likeness (QED) is 0.152. The van der Waals surface area contributed by atoms with Crippen LogP contribution in [0.5, 0.6) is 23.0 Å². The van der Waals surface area contributed by atoms with E-state index in [9.17, 15) is 0 Å². The van der Waals surface area contributed by atoms with Crippen molar-refractivity contribution < 1.29 is 18.9 Å². The summed E-state index contributed by atoms with van der Waals surface area (Å²) in [6.45, 7) is 11.7. The van der Waals surface area contributed by atoms with E-state index in [0.717, 1.165) is 67.9 Å². The second kappa shape index (κ2) is 21.5. The summed E-state index contributed by atoms with van der Waals surface area (Å²) in [6, 6.07) is 60.2. The summed E-state index contributed by atoms with van der Waals surface area (Å²) in [5.41, 5.74) is 20.0. The minimum atomic E-state index is 0.655. The Balaban J connectivity index is 0.000000168. The van der Waals surface area contributed by atoms with Gasteiger partial charge in [0.15, 0.2) is 0 Å². The SMILES string of the molecule is CCc1c(-c2ccccc2)ccc2c1-c1c(ccc(-c3ccccc3)c1CC)OCCCCO2.CCc1c(-c2ccccc2)ccc2c1-c1c(ccc(-c3ccccc3)c1CC)OCCCO2. The summed E-state index contributed by atoms with van der Waals surface area (Å²) >= 11 is 0. The Kier molecular flexibility index (Phi) is 14.5. The van der Waals surface area contributed by atoms with E-state index in [1.54, 1.807) is 0 Å². The Hall–Kier alpha value is -7.04. The fourth-order valence-electron chi connectivity index (χ4n) is 10.1. The third-order valence-corrected chi connectivity index (χ3v) is 13.2. The zero-order valence-corrected chi connectivity index (χ0v) is 39.6. The minimum absolute atomic E-state index is 0.655. The van der Waals surface area contributed by atoms with Gasteiger partial charge in [-0.1, -0.05) is 173 Å². The van der Waals surface area contributed by atoms with E-state index in [4.69, 9.17) is 18.9 Å². The van der Waals surface area contributed by atoms with Crippen molar-refractivity contribution in [3.05, 3.63) is 192 Å². The second-order valence-electron chi connectivity index (χ2n) is 17.2. The van der Waals surface area contributed by atoms with Crippen molar-refractivity contribution in [2.75, 3.05) is 26.4 Å². The van der Waals surface area contributed by atoms with Crippen LogP contribution in [-0.4, -0.2) is 26.4 Å². The van der Waals surface area contributed by atoms with Crippen molar-refractivity contribution in [3.8, 4) is 89.8 Å². The molecule has 0 bridgehead atoms. The van der Waals surface area contributed by atoms with Crippen LogP contribution in [0.1, 0.15) is 69.2 Å². The van der Waals surface area contributed by atoms with Crippen molar-refractivity contribution in [1.82, 2.24) is 0 Å². The van der Waals surface area contributed by atoms with Gasteiger partial charge in [0.05, 0.1) is 26.4 Å². The van der Waals surface area contributed by atoms with Crippen LogP contribution in [-0.2, 0) is 25.7 Å². The van der Waals surface area contributed by atoms with Gasteiger partial charge in [-0.15, -0.1) is 0 Å². The number of rotatable bonds is 8. The van der Waals surface area contributed by atoms with Gasteiger partial charge >= 0.3 is 0 Å². The lowest BCUT2D eigenvalue weighted by Crippen LogP contribution is -2.10. The number of fused-ring (bicyclic) bond motifs is 6. The highest BCUT2D eigenvalue weighted by Gasteiger charge is 2.27. The predicted octanol–water partition coefficient (Wildman–Crippen LogP) is 16.3. The lowest BCUT2D eigenvalue weighted by atomic mass is 9.84. The Morgan fingerprint density at radius 3 is 0.716 bits per heavy atom. The molecule has 0 radical (unpaired) electrons. The summed E-state index contributed by atoms with van der Waals surface area (Å²) in [5.74, 6) is 3.84. The third-order valence-electron chi connectivity index (χ3n) is 13.2. The molecule has 2 aliphatic heterocycles. The lowest BCUT2D eigenvalue weighted by Gasteiger charge is -2.25. The molecule has 4 heteroatoms. The van der Waals surface area contributed by atoms with E-state index in [0.29, 0.717) is 26.4 Å². The number of hydrogen-bond donors (Lipinski definition) is 0. The van der Waals surface area contributed by atoms with Gasteiger partial charge in [0.2, 0.25) is 0 Å². The van der Waals surface area contributed by atoms with Gasteiger partial charge in [-0.2, -0.15) is 0 Å². The highest BCUT2D eigenvalue weighted by atomic mass is 16.5. The largest absolute Gasteiger partial charge is 0.493 e. The Morgan fingerprint density at radius 1 is 0.269 bits per heavy atom. The average Bonchev–Trinajstić information content (AvgIpc) is 3.49. The zero-order valence-electron chi connectivity index (χ0n) is 39.6. The molecule has 67 heavy (non-hydrogen) atoms. The van der Waals surface area contributed by atoms with Crippen LogP contribution in [0.3, 0.4) is 0 Å². The van der Waals surface area contributed by atoms with E-state index in [2.05, 4.69) is 198 Å². The molecule has 2 aliphatic rings. The standard InChI is InChI=1S/C32H32O2.C31H30O2/c1-3-25-27(23-13-7-5-8-14-23)17-19-29-31(25)32-26(4-2)28(24-15-9-6-10-16-24)18-20-30(32)34-22-12-11-21-33-29;1-3-24-26(22-12-7-5-8-13-22)16-18-28-30(24)31-25(4-2)27(23-14-9-6-10-15-23)17-19-29(31)33-21-11-20-32-28/h5-10,13-20H,3-4,11-12,21-22H2,1-2H3;5-10,12-19H,3-4,11,20-21H2,1-2H3. The zero-order chi connectivity index (χ0) is 46.0. The van der Waals surface area contributed by atoms with Gasteiger partial charge in [0.25, 0.3) is 0 Å². The highest BCUT2D eigenvalue weighted by Crippen LogP contribution is 2.50. The average molecular weight is 883 g/mol. The molecule has 0 unspecified atom stereocenters. The molecular formula is C63H62O4. The van der Waals surface area contributed by atoms with Crippen LogP contribution in [0.25, 0.3) is 66.8 Å². The molecule has 0 N–H and O–H groups in total. The molecule has 2 heterocycles. The van der Waals surface area contributed by atoms with Gasteiger partial charge < -0.3 is 18.9 Å². The molecule has 8 aromatic carbocycles. The normalized spacial score (nSPS) is 13.1. The van der Waals surface area contributed by atoms with Gasteiger partial charge in [0, 0.05) is 28.7 Å². The molecule has 0 aliphatic carbocycles. The van der Waals surface area contributed by atoms with E-state index < -0.39 is 0 Å². The van der Waals surface area contributed by atoms with Gasteiger partial charge in [-0.3, -0.25) is 0 Å². The van der Waals surface area contributed by atoms with Crippen molar-refractivity contribution >= 4 is 0 Å². The summed E-state index contributed by atoms with van der Waals surface area (Å²) in [5, 5.41) is 0. The number of benzene rings is 8. The highest BCUT2D eigenvalue weighted by molar-refractivity contribution is 5.92. The van der Waals surface area contributed by atoms with Crippen LogP contribution in [0.4, 0.5) is 0 Å². The van der Waals surface area contributed by atoms with Crippen LogP contribution >= 0.6 is 0 Å². The van der Waals surface area contributed by atoms with Crippen molar-refractivity contribution in [2.45, 2.75) is 72.6 Å². The summed E-state index contributed by atoms with van der Waals surface area (Å²) < 4.78 is 25.6. The maximum Gasteiger partial charge on any atom is 0.127 e. The number of ether oxygens (including phenoxy) is 4. The first kappa shape index (κ1) is 45.1. The maximum atomic E-state index is 6.44. The smallest absolute Gasteiger partial charge is 0.127 e. The molecule has 0 saturated heterocycles. The topological polar surface area (TPSA) is 36.9 Å². The molecule has 0 spiro atoms. The molecule has 0 fully saturated rings. The molecule has 0 saturated carbocycles. The van der Waals surface area contributed by atoms with Crippen LogP contribution in [0.15, 0.2) is 170 Å². The summed E-state index contributed by atoms with van der Waals surface area (Å²) in [7, 11) is 0. The maximum absolute atomic E-state index is 6.44. The summed E-state index contributed by atoms with van der Waals surface area (Å²) in [4.78, 5) is 0. The molecule has 0 amide bonds. The molecule has 338 valence electrons. The van der Waals surface area contributed by atoms with Crippen molar-refractivity contribution in [2.24, 2.45) is 0 Å². The third kappa shape index (κ3) is 9.49. The van der Waals surface area contributed by atoms with Gasteiger partial charge in [-0.05, 0) is 130 Å². The van der Waals surface area contributed by atoms with E-state index >= 15 is 0 Å². The monoisotopic (exact) mass is 882 g/mol. The second-order valence-corrected chi connectivity index (χ2v) is 17.2. The first-order chi connectivity index (χ1) is 33.1. The molecule has 10 rings (SSSR count). The first-order valence-corrected chi connectivity index (χ1v) is 24.5. The molecule has 8 aromatic rings. The van der Waals surface area contributed by atoms with E-state index in [1.807, 2.05) is 0 Å². The van der Waals surface area contributed by atoms with E-state index in [1.165, 1.54) is 89.0 Å². The number of hydrogen-bond acceptors (Lipinski definition) is 4. The van der Waals surface area contributed by atoms with Gasteiger partial charge in [-0.25, -0.2) is 0 Å². The van der Waals surface area contributed by atoms with Crippen LogP contribution in [0, 0.1) is 0 Å². The molecular weight excluding hydrogens is 821 g/mol. The molecule has 4 nitrogen and oxygen atoms in total. The lowest BCUT2D eigenvalue weighted by molar-refractivity contribution is 0.252. The Bertz CT molecular complexity index is 2700. The summed E-state index contributed by atoms with van der Waals surface area (Å²) in [6.07, 6.45) is 6.48. The Morgan fingerprint density at radius 2 is 0.493 bits per heavy atom.